The Kier molecular flexibility index (Phi) is 4.02. The third-order valence-electron chi connectivity index (χ3n) is 9.45. The highest BCUT2D eigenvalue weighted by Crippen LogP contribution is 2.72. The van der Waals surface area contributed by atoms with E-state index in [1.807, 2.05) is 19.9 Å². The van der Waals surface area contributed by atoms with Crippen molar-refractivity contribution in [3.05, 3.63) is 23.5 Å². The number of carbonyl (C=O) groups excluding carboxylic acids is 3. The van der Waals surface area contributed by atoms with Crippen molar-refractivity contribution in [2.45, 2.75) is 50.3 Å². The van der Waals surface area contributed by atoms with Crippen LogP contribution in [0.15, 0.2) is 23.5 Å². The van der Waals surface area contributed by atoms with E-state index in [9.17, 15) is 29.7 Å². The summed E-state index contributed by atoms with van der Waals surface area (Å²) in [6.45, 7) is 3.75. The molecule has 2 bridgehead atoms. The molecular weight excluding hydrogens is 436 g/mol. The van der Waals surface area contributed by atoms with E-state index in [0.717, 1.165) is 12.7 Å². The van der Waals surface area contributed by atoms with Gasteiger partial charge in [0.2, 0.25) is 0 Å². The highest BCUT2D eigenvalue weighted by atomic mass is 16.6. The zero-order valence-electron chi connectivity index (χ0n) is 18.4. The molecule has 6 rings (SSSR count). The van der Waals surface area contributed by atoms with Crippen molar-refractivity contribution in [2.75, 3.05) is 13.7 Å². The van der Waals surface area contributed by atoms with Crippen molar-refractivity contribution in [3.8, 4) is 0 Å². The zero-order chi connectivity index (χ0) is 23.7. The van der Waals surface area contributed by atoms with Gasteiger partial charge in [-0.2, -0.15) is 0 Å². The molecule has 33 heavy (non-hydrogen) atoms. The standard InChI is InChI=1S/C23H26O10/c1-8-9-4-13(24)32-11(9)6-21(2)10(8)5-12-22-7-31-23(20(29)30-3,18(27)14(25)16(21)22)17(22)15(26)19(28)33-12/h4,6,8,10,12,14-18,25-27H,5,7H2,1-3H3/t8-,10+,12-,14-,15-,16-,17-,18+,21+,22-,23+/m1/s1. The molecule has 3 aliphatic carbocycles. The van der Waals surface area contributed by atoms with Crippen molar-refractivity contribution in [1.82, 2.24) is 0 Å². The number of allylic oxidation sites excluding steroid dienone is 2. The topological polar surface area (TPSA) is 149 Å². The van der Waals surface area contributed by atoms with Crippen LogP contribution in [0, 0.1) is 34.5 Å². The van der Waals surface area contributed by atoms with E-state index in [1.165, 1.54) is 6.08 Å². The molecule has 11 atom stereocenters. The van der Waals surface area contributed by atoms with Gasteiger partial charge in [-0.15, -0.1) is 0 Å². The van der Waals surface area contributed by atoms with E-state index in [1.54, 1.807) is 0 Å². The SMILES string of the molecule is COC(=O)[C@@]12OC[C@]34[C@H]([C@@H](O)[C@@H]1O)[C@@]1(C)C=C5OC(=O)C=C5[C@@H](C)[C@@H]1C[C@H]3OC(=O)[C@H](O)[C@@H]24. The lowest BCUT2D eigenvalue weighted by molar-refractivity contribution is -0.287. The van der Waals surface area contributed by atoms with Crippen LogP contribution in [0.5, 0.6) is 0 Å². The maximum Gasteiger partial charge on any atom is 0.341 e. The molecule has 10 heteroatoms. The number of hydrogen-bond acceptors (Lipinski definition) is 10. The van der Waals surface area contributed by atoms with Crippen LogP contribution in [0.25, 0.3) is 0 Å². The van der Waals surface area contributed by atoms with Crippen LogP contribution in [-0.4, -0.2) is 77.0 Å². The molecule has 0 aromatic rings. The van der Waals surface area contributed by atoms with E-state index in [0.29, 0.717) is 12.2 Å². The smallest absolute Gasteiger partial charge is 0.341 e. The molecule has 0 aromatic heterocycles. The summed E-state index contributed by atoms with van der Waals surface area (Å²) in [4.78, 5) is 37.7. The maximum absolute atomic E-state index is 13.0. The molecule has 3 heterocycles. The average molecular weight is 462 g/mol. The molecule has 178 valence electrons. The molecule has 6 aliphatic rings. The Morgan fingerprint density at radius 1 is 1.21 bits per heavy atom. The van der Waals surface area contributed by atoms with Crippen LogP contribution in [0.4, 0.5) is 0 Å². The number of rotatable bonds is 1. The van der Waals surface area contributed by atoms with Gasteiger partial charge in [0.15, 0.2) is 11.7 Å². The first-order chi connectivity index (χ1) is 15.5. The zero-order valence-corrected chi connectivity index (χ0v) is 18.4. The fraction of sp³-hybridized carbons (Fsp3) is 0.696. The molecular formula is C23H26O10. The van der Waals surface area contributed by atoms with Crippen LogP contribution in [0.2, 0.25) is 0 Å². The quantitative estimate of drug-likeness (QED) is 0.334. The number of aliphatic hydroxyl groups is 3. The Labute approximate surface area is 189 Å². The van der Waals surface area contributed by atoms with E-state index in [2.05, 4.69) is 0 Å². The normalized spacial score (nSPS) is 53.6. The molecule has 3 N–H and O–H groups in total. The van der Waals surface area contributed by atoms with Crippen molar-refractivity contribution in [2.24, 2.45) is 34.5 Å². The lowest BCUT2D eigenvalue weighted by Gasteiger charge is -2.67. The lowest BCUT2D eigenvalue weighted by atomic mass is 9.38. The Morgan fingerprint density at radius 2 is 1.94 bits per heavy atom. The van der Waals surface area contributed by atoms with E-state index < -0.39 is 70.6 Å². The molecule has 3 aliphatic heterocycles. The Bertz CT molecular complexity index is 1050. The predicted octanol–water partition coefficient (Wildman–Crippen LogP) is -0.788. The Balaban J connectivity index is 1.60. The van der Waals surface area contributed by atoms with E-state index >= 15 is 0 Å². The molecule has 2 saturated carbocycles. The van der Waals surface area contributed by atoms with Gasteiger partial charge in [-0.3, -0.25) is 0 Å². The monoisotopic (exact) mass is 462 g/mol. The maximum atomic E-state index is 13.0. The highest BCUT2D eigenvalue weighted by molar-refractivity contribution is 5.89. The Morgan fingerprint density at radius 3 is 2.64 bits per heavy atom. The van der Waals surface area contributed by atoms with Gasteiger partial charge >= 0.3 is 17.9 Å². The summed E-state index contributed by atoms with van der Waals surface area (Å²) in [6.07, 6.45) is -2.12. The van der Waals surface area contributed by atoms with Crippen LogP contribution < -0.4 is 0 Å². The van der Waals surface area contributed by atoms with Gasteiger partial charge in [-0.1, -0.05) is 13.8 Å². The third kappa shape index (κ3) is 2.12. The van der Waals surface area contributed by atoms with Gasteiger partial charge in [-0.25, -0.2) is 14.4 Å². The Hall–Kier alpha value is -2.27. The summed E-state index contributed by atoms with van der Waals surface area (Å²) in [7, 11) is 1.12. The summed E-state index contributed by atoms with van der Waals surface area (Å²) in [5.74, 6) is -4.21. The molecule has 0 amide bonds. The first kappa shape index (κ1) is 21.3. The fourth-order valence-corrected chi connectivity index (χ4v) is 8.31. The van der Waals surface area contributed by atoms with Crippen molar-refractivity contribution in [1.29, 1.82) is 0 Å². The minimum atomic E-state index is -2.11. The van der Waals surface area contributed by atoms with Gasteiger partial charge in [0.1, 0.15) is 18.0 Å². The molecule has 0 unspecified atom stereocenters. The second kappa shape index (κ2) is 6.24. The van der Waals surface area contributed by atoms with Crippen LogP contribution in [0.1, 0.15) is 20.3 Å². The minimum absolute atomic E-state index is 0.122. The van der Waals surface area contributed by atoms with E-state index in [-0.39, 0.29) is 18.4 Å². The van der Waals surface area contributed by atoms with Crippen molar-refractivity contribution in [3.63, 3.8) is 0 Å². The van der Waals surface area contributed by atoms with Crippen LogP contribution >= 0.6 is 0 Å². The first-order valence-electron chi connectivity index (χ1n) is 11.2. The minimum Gasteiger partial charge on any atom is -0.467 e. The van der Waals surface area contributed by atoms with E-state index in [4.69, 9.17) is 18.9 Å². The van der Waals surface area contributed by atoms with Gasteiger partial charge < -0.3 is 34.3 Å². The number of carbonyl (C=O) groups is 3. The van der Waals surface area contributed by atoms with Gasteiger partial charge in [0, 0.05) is 23.0 Å². The van der Waals surface area contributed by atoms with Crippen molar-refractivity contribution < 1.29 is 48.7 Å². The van der Waals surface area contributed by atoms with Crippen LogP contribution in [0.3, 0.4) is 0 Å². The molecule has 0 radical (unpaired) electrons. The third-order valence-corrected chi connectivity index (χ3v) is 9.45. The van der Waals surface area contributed by atoms with Gasteiger partial charge in [0.05, 0.1) is 25.7 Å². The summed E-state index contributed by atoms with van der Waals surface area (Å²) in [5.41, 5.74) is -3.35. The van der Waals surface area contributed by atoms with Crippen molar-refractivity contribution >= 4 is 17.9 Å². The fourth-order valence-electron chi connectivity index (χ4n) is 8.31. The summed E-state index contributed by atoms with van der Waals surface area (Å²) >= 11 is 0. The second-order valence-electron chi connectivity index (χ2n) is 10.5. The summed E-state index contributed by atoms with van der Waals surface area (Å²) in [5, 5.41) is 33.8. The summed E-state index contributed by atoms with van der Waals surface area (Å²) in [6, 6.07) is 0. The average Bonchev–Trinajstić information content (AvgIpc) is 3.29. The molecule has 1 spiro atoms. The number of fused-ring (bicyclic) bond motifs is 3. The number of methoxy groups -OCH3 is 1. The number of hydrogen-bond donors (Lipinski definition) is 3. The largest absolute Gasteiger partial charge is 0.467 e. The first-order valence-corrected chi connectivity index (χ1v) is 11.2. The molecule has 2 saturated heterocycles. The van der Waals surface area contributed by atoms with Crippen LogP contribution in [-0.2, 0) is 33.3 Å². The summed E-state index contributed by atoms with van der Waals surface area (Å²) < 4.78 is 22.0. The highest BCUT2D eigenvalue weighted by Gasteiger charge is 2.84. The van der Waals surface area contributed by atoms with Gasteiger partial charge in [0.25, 0.3) is 0 Å². The molecule has 0 aromatic carbocycles. The number of aliphatic hydroxyl groups excluding tert-OH is 3. The number of esters is 3. The molecule has 10 nitrogen and oxygen atoms in total. The predicted molar refractivity (Wildman–Crippen MR) is 106 cm³/mol. The number of ether oxygens (including phenoxy) is 4. The second-order valence-corrected chi connectivity index (χ2v) is 10.5. The van der Waals surface area contributed by atoms with Gasteiger partial charge in [-0.05, 0) is 29.7 Å². The molecule has 4 fully saturated rings. The lowest BCUT2D eigenvalue weighted by Crippen LogP contribution is -2.78.